The van der Waals surface area contributed by atoms with Crippen LogP contribution in [-0.4, -0.2) is 46.3 Å². The molecule has 0 heterocycles. The van der Waals surface area contributed by atoms with E-state index in [0.717, 1.165) is 12.1 Å². The molecule has 30 heavy (non-hydrogen) atoms. The second-order valence-electron chi connectivity index (χ2n) is 6.27. The predicted molar refractivity (Wildman–Crippen MR) is 112 cm³/mol. The third-order valence-corrected chi connectivity index (χ3v) is 7.99. The summed E-state index contributed by atoms with van der Waals surface area (Å²) in [5.41, 5.74) is -0.0242. The lowest BCUT2D eigenvalue weighted by atomic mass is 10.2. The molecule has 0 unspecified atom stereocenters. The Hall–Kier alpha value is -2.70. The summed E-state index contributed by atoms with van der Waals surface area (Å²) < 4.78 is 59.6. The molecular formula is C18H23N3O7S2. The molecule has 0 aromatic heterocycles. The third kappa shape index (κ3) is 4.71. The highest BCUT2D eigenvalue weighted by Gasteiger charge is 2.26. The van der Waals surface area contributed by atoms with Gasteiger partial charge in [0.15, 0.2) is 5.75 Å². The quantitative estimate of drug-likeness (QED) is 0.451. The number of nitrogens with one attached hydrogen (secondary N) is 1. The number of anilines is 1. The van der Waals surface area contributed by atoms with Crippen LogP contribution in [-0.2, 0) is 20.0 Å². The SMILES string of the molecule is CCN(CC)S(=O)(=O)c1cc(NS(=O)(=O)c2ccc(OC)c([N+](=O)[O-])c2)ccc1C. The molecule has 0 aliphatic heterocycles. The lowest BCUT2D eigenvalue weighted by Crippen LogP contribution is -2.31. The van der Waals surface area contributed by atoms with Gasteiger partial charge in [-0.1, -0.05) is 19.9 Å². The van der Waals surface area contributed by atoms with Crippen LogP contribution in [0, 0.1) is 17.0 Å². The Bertz CT molecular complexity index is 1160. The topological polar surface area (TPSA) is 136 Å². The van der Waals surface area contributed by atoms with Crippen molar-refractivity contribution in [2.45, 2.75) is 30.6 Å². The number of sulfonamides is 2. The molecule has 0 fully saturated rings. The minimum atomic E-state index is -4.22. The summed E-state index contributed by atoms with van der Waals surface area (Å²) in [4.78, 5) is 10.0. The molecule has 0 saturated carbocycles. The first-order valence-electron chi connectivity index (χ1n) is 8.94. The minimum Gasteiger partial charge on any atom is -0.490 e. The van der Waals surface area contributed by atoms with Gasteiger partial charge in [0.05, 0.1) is 27.5 Å². The molecule has 0 saturated heterocycles. The first-order valence-corrected chi connectivity index (χ1v) is 11.9. The Balaban J connectivity index is 2.48. The van der Waals surface area contributed by atoms with Gasteiger partial charge in [-0.05, 0) is 36.8 Å². The Labute approximate surface area is 175 Å². The van der Waals surface area contributed by atoms with Crippen LogP contribution < -0.4 is 9.46 Å². The van der Waals surface area contributed by atoms with Crippen molar-refractivity contribution in [1.29, 1.82) is 0 Å². The van der Waals surface area contributed by atoms with Crippen LogP contribution in [0.25, 0.3) is 0 Å². The van der Waals surface area contributed by atoms with E-state index in [9.17, 15) is 26.9 Å². The molecule has 164 valence electrons. The van der Waals surface area contributed by atoms with Crippen molar-refractivity contribution in [2.75, 3.05) is 24.9 Å². The summed E-state index contributed by atoms with van der Waals surface area (Å²) in [6, 6.07) is 7.37. The molecule has 2 aromatic carbocycles. The number of aryl methyl sites for hydroxylation is 1. The van der Waals surface area contributed by atoms with E-state index in [1.807, 2.05) is 0 Å². The van der Waals surface area contributed by atoms with Crippen LogP contribution in [0.5, 0.6) is 5.75 Å². The number of benzene rings is 2. The van der Waals surface area contributed by atoms with Crippen LogP contribution in [0.4, 0.5) is 11.4 Å². The zero-order chi connectivity index (χ0) is 22.7. The minimum absolute atomic E-state index is 0.0183. The molecule has 10 nitrogen and oxygen atoms in total. The van der Waals surface area contributed by atoms with E-state index < -0.39 is 30.7 Å². The Morgan fingerprint density at radius 1 is 1.07 bits per heavy atom. The van der Waals surface area contributed by atoms with Gasteiger partial charge in [-0.2, -0.15) is 4.31 Å². The lowest BCUT2D eigenvalue weighted by molar-refractivity contribution is -0.386. The highest BCUT2D eigenvalue weighted by molar-refractivity contribution is 7.92. The molecule has 1 N–H and O–H groups in total. The molecule has 0 bridgehead atoms. The first-order chi connectivity index (χ1) is 14.0. The van der Waals surface area contributed by atoms with E-state index in [1.165, 1.54) is 35.7 Å². The van der Waals surface area contributed by atoms with Crippen molar-refractivity contribution in [1.82, 2.24) is 4.31 Å². The summed E-state index contributed by atoms with van der Waals surface area (Å²) >= 11 is 0. The summed E-state index contributed by atoms with van der Waals surface area (Å²) in [6.45, 7) is 5.56. The lowest BCUT2D eigenvalue weighted by Gasteiger charge is -2.20. The smallest absolute Gasteiger partial charge is 0.312 e. The van der Waals surface area contributed by atoms with Gasteiger partial charge in [0.1, 0.15) is 0 Å². The zero-order valence-corrected chi connectivity index (χ0v) is 18.6. The molecule has 0 spiro atoms. The summed E-state index contributed by atoms with van der Waals surface area (Å²) in [7, 11) is -6.79. The largest absolute Gasteiger partial charge is 0.490 e. The normalized spacial score (nSPS) is 12.0. The highest BCUT2D eigenvalue weighted by Crippen LogP contribution is 2.31. The first kappa shape index (κ1) is 23.6. The van der Waals surface area contributed by atoms with Crippen molar-refractivity contribution in [2.24, 2.45) is 0 Å². The standard InChI is InChI=1S/C18H23N3O7S2/c1-5-20(6-2)30(26,27)18-11-14(8-7-13(18)3)19-29(24,25)15-9-10-17(28-4)16(12-15)21(22)23/h7-12,19H,5-6H2,1-4H3. The summed E-state index contributed by atoms with van der Waals surface area (Å²) in [5, 5.41) is 11.2. The van der Waals surface area contributed by atoms with E-state index in [-0.39, 0.29) is 34.3 Å². The highest BCUT2D eigenvalue weighted by atomic mass is 32.2. The molecule has 12 heteroatoms. The van der Waals surface area contributed by atoms with E-state index in [0.29, 0.717) is 5.56 Å². The molecule has 0 aliphatic rings. The second-order valence-corrected chi connectivity index (χ2v) is 9.85. The van der Waals surface area contributed by atoms with Gasteiger partial charge in [0.2, 0.25) is 10.0 Å². The number of nitro benzene ring substituents is 1. The van der Waals surface area contributed by atoms with Crippen LogP contribution in [0.15, 0.2) is 46.2 Å². The van der Waals surface area contributed by atoms with Gasteiger partial charge < -0.3 is 4.74 Å². The Morgan fingerprint density at radius 2 is 1.70 bits per heavy atom. The molecule has 0 aliphatic carbocycles. The average molecular weight is 458 g/mol. The Morgan fingerprint density at radius 3 is 2.23 bits per heavy atom. The molecular weight excluding hydrogens is 434 g/mol. The average Bonchev–Trinajstić information content (AvgIpc) is 2.69. The van der Waals surface area contributed by atoms with Gasteiger partial charge in [-0.3, -0.25) is 14.8 Å². The van der Waals surface area contributed by atoms with E-state index in [1.54, 1.807) is 20.8 Å². The van der Waals surface area contributed by atoms with Crippen LogP contribution in [0.3, 0.4) is 0 Å². The maximum Gasteiger partial charge on any atom is 0.312 e. The molecule has 0 amide bonds. The second kappa shape index (κ2) is 8.98. The fourth-order valence-corrected chi connectivity index (χ4v) is 5.62. The maximum absolute atomic E-state index is 12.9. The van der Waals surface area contributed by atoms with Gasteiger partial charge in [-0.25, -0.2) is 16.8 Å². The number of methoxy groups -OCH3 is 1. The number of hydrogen-bond donors (Lipinski definition) is 1. The van der Waals surface area contributed by atoms with E-state index >= 15 is 0 Å². The monoisotopic (exact) mass is 457 g/mol. The molecule has 2 rings (SSSR count). The molecule has 0 atom stereocenters. The number of nitro groups is 1. The van der Waals surface area contributed by atoms with Gasteiger partial charge in [0, 0.05) is 19.2 Å². The third-order valence-electron chi connectivity index (χ3n) is 4.42. The molecule has 0 radical (unpaired) electrons. The van der Waals surface area contributed by atoms with Gasteiger partial charge in [0.25, 0.3) is 10.0 Å². The number of ether oxygens (including phenoxy) is 1. The van der Waals surface area contributed by atoms with Crippen LogP contribution in [0.2, 0.25) is 0 Å². The summed E-state index contributed by atoms with van der Waals surface area (Å²) in [6.07, 6.45) is 0. The van der Waals surface area contributed by atoms with Crippen molar-refractivity contribution in [3.63, 3.8) is 0 Å². The van der Waals surface area contributed by atoms with E-state index in [2.05, 4.69) is 4.72 Å². The van der Waals surface area contributed by atoms with Gasteiger partial charge >= 0.3 is 5.69 Å². The number of hydrogen-bond acceptors (Lipinski definition) is 7. The predicted octanol–water partition coefficient (Wildman–Crippen LogP) is 2.74. The fraction of sp³-hybridized carbons (Fsp3) is 0.333. The number of nitrogens with zero attached hydrogens (tertiary/aromatic N) is 2. The van der Waals surface area contributed by atoms with Crippen molar-refractivity contribution < 1.29 is 26.5 Å². The van der Waals surface area contributed by atoms with E-state index in [4.69, 9.17) is 4.74 Å². The van der Waals surface area contributed by atoms with Crippen molar-refractivity contribution >= 4 is 31.4 Å². The van der Waals surface area contributed by atoms with Crippen LogP contribution in [0.1, 0.15) is 19.4 Å². The maximum atomic E-state index is 12.9. The van der Waals surface area contributed by atoms with Crippen molar-refractivity contribution in [3.05, 3.63) is 52.1 Å². The number of rotatable bonds is 9. The zero-order valence-electron chi connectivity index (χ0n) is 16.9. The van der Waals surface area contributed by atoms with Crippen LogP contribution >= 0.6 is 0 Å². The Kier molecular flexibility index (Phi) is 7.06. The molecule has 2 aromatic rings. The van der Waals surface area contributed by atoms with Gasteiger partial charge in [-0.15, -0.1) is 0 Å². The summed E-state index contributed by atoms with van der Waals surface area (Å²) in [5.74, 6) is -0.0816. The fourth-order valence-electron chi connectivity index (χ4n) is 2.84. The van der Waals surface area contributed by atoms with Crippen molar-refractivity contribution in [3.8, 4) is 5.75 Å².